The number of aromatic amines is 1. The third-order valence-electron chi connectivity index (χ3n) is 5.43. The summed E-state index contributed by atoms with van der Waals surface area (Å²) >= 11 is 0. The van der Waals surface area contributed by atoms with Crippen molar-refractivity contribution in [2.45, 2.75) is 6.42 Å². The van der Waals surface area contributed by atoms with E-state index in [4.69, 9.17) is 0 Å². The largest absolute Gasteiger partial charge is 0.396 e. The van der Waals surface area contributed by atoms with Crippen molar-refractivity contribution in [3.63, 3.8) is 0 Å². The van der Waals surface area contributed by atoms with E-state index in [0.29, 0.717) is 28.0 Å². The highest BCUT2D eigenvalue weighted by atomic mass is 19.1. The molecular weight excluding hydrogens is 373 g/mol. The predicted molar refractivity (Wildman–Crippen MR) is 107 cm³/mol. The number of anilines is 1. The second-order valence-electron chi connectivity index (χ2n) is 7.40. The molecule has 1 aliphatic rings. The Bertz CT molecular complexity index is 1180. The van der Waals surface area contributed by atoms with E-state index in [1.807, 2.05) is 6.07 Å². The second-order valence-corrected chi connectivity index (χ2v) is 7.40. The first-order valence-electron chi connectivity index (χ1n) is 9.47. The number of aliphatic hydroxyl groups is 1. The van der Waals surface area contributed by atoms with Crippen LogP contribution in [0.4, 0.5) is 10.2 Å². The fourth-order valence-electron chi connectivity index (χ4n) is 3.85. The van der Waals surface area contributed by atoms with Gasteiger partial charge in [-0.3, -0.25) is 9.78 Å². The lowest BCUT2D eigenvalue weighted by Gasteiger charge is -2.17. The molecule has 1 aromatic carbocycles. The maximum absolute atomic E-state index is 14.6. The summed E-state index contributed by atoms with van der Waals surface area (Å²) in [4.78, 5) is 10.9. The molecule has 0 radical (unpaired) electrons. The minimum Gasteiger partial charge on any atom is -0.396 e. The van der Waals surface area contributed by atoms with Crippen LogP contribution in [0.2, 0.25) is 0 Å². The average Bonchev–Trinajstić information content (AvgIpc) is 3.46. The standard InChI is InChI=1S/C20H20FN7O/c1-27-9-13(7-24-27)14-4-15-17(5-16(14)21)25-26-20(15)18-6-19(23-11-22-18)28-3-2-12(8-28)10-29/h4-7,9,11-12,29H,2-3,8,10H2,1H3,(H,25,26)/t12-/m0/s1. The van der Waals surface area contributed by atoms with Crippen LogP contribution in [-0.2, 0) is 7.05 Å². The molecule has 4 aromatic rings. The molecule has 1 aliphatic heterocycles. The minimum atomic E-state index is -0.337. The number of benzene rings is 1. The van der Waals surface area contributed by atoms with Crippen molar-refractivity contribution in [3.8, 4) is 22.5 Å². The van der Waals surface area contributed by atoms with Crippen LogP contribution in [0.5, 0.6) is 0 Å². The molecule has 0 aliphatic carbocycles. The Labute approximate surface area is 166 Å². The van der Waals surface area contributed by atoms with E-state index in [0.717, 1.165) is 30.7 Å². The van der Waals surface area contributed by atoms with Crippen molar-refractivity contribution in [1.29, 1.82) is 0 Å². The lowest BCUT2D eigenvalue weighted by atomic mass is 10.0. The first-order valence-corrected chi connectivity index (χ1v) is 9.47. The van der Waals surface area contributed by atoms with Crippen molar-refractivity contribution in [3.05, 3.63) is 42.7 Å². The molecular formula is C20H20FN7O. The van der Waals surface area contributed by atoms with E-state index in [1.54, 1.807) is 30.2 Å². The van der Waals surface area contributed by atoms with Gasteiger partial charge in [0, 0.05) is 67.5 Å². The topological polar surface area (TPSA) is 95.7 Å². The van der Waals surface area contributed by atoms with E-state index >= 15 is 0 Å². The monoisotopic (exact) mass is 393 g/mol. The molecule has 4 heterocycles. The van der Waals surface area contributed by atoms with E-state index in [2.05, 4.69) is 30.2 Å². The summed E-state index contributed by atoms with van der Waals surface area (Å²) in [7, 11) is 1.80. The Morgan fingerprint density at radius 3 is 2.93 bits per heavy atom. The van der Waals surface area contributed by atoms with Crippen LogP contribution in [0.1, 0.15) is 6.42 Å². The van der Waals surface area contributed by atoms with Gasteiger partial charge in [0.25, 0.3) is 0 Å². The van der Waals surface area contributed by atoms with Gasteiger partial charge in [-0.25, -0.2) is 14.4 Å². The predicted octanol–water partition coefficient (Wildman–Crippen LogP) is 2.38. The minimum absolute atomic E-state index is 0.182. The van der Waals surface area contributed by atoms with Gasteiger partial charge in [-0.2, -0.15) is 10.2 Å². The van der Waals surface area contributed by atoms with Gasteiger partial charge in [0.15, 0.2) is 0 Å². The molecule has 0 unspecified atom stereocenters. The Kier molecular flexibility index (Phi) is 4.24. The second kappa shape index (κ2) is 6.93. The van der Waals surface area contributed by atoms with Gasteiger partial charge in [0.2, 0.25) is 0 Å². The van der Waals surface area contributed by atoms with Crippen LogP contribution in [0.3, 0.4) is 0 Å². The summed E-state index contributed by atoms with van der Waals surface area (Å²) in [5, 5.41) is 21.6. The molecule has 0 amide bonds. The molecule has 0 saturated carbocycles. The van der Waals surface area contributed by atoms with Gasteiger partial charge in [0.05, 0.1) is 17.4 Å². The fraction of sp³-hybridized carbons (Fsp3) is 0.300. The van der Waals surface area contributed by atoms with Crippen LogP contribution in [0, 0.1) is 11.7 Å². The molecule has 0 bridgehead atoms. The number of rotatable bonds is 4. The van der Waals surface area contributed by atoms with Crippen LogP contribution in [0.25, 0.3) is 33.4 Å². The Morgan fingerprint density at radius 2 is 2.17 bits per heavy atom. The van der Waals surface area contributed by atoms with E-state index in [-0.39, 0.29) is 18.3 Å². The highest BCUT2D eigenvalue weighted by molar-refractivity contribution is 5.95. The molecule has 5 rings (SSSR count). The summed E-state index contributed by atoms with van der Waals surface area (Å²) < 4.78 is 16.3. The Balaban J connectivity index is 1.56. The van der Waals surface area contributed by atoms with E-state index in [9.17, 15) is 9.50 Å². The van der Waals surface area contributed by atoms with Gasteiger partial charge < -0.3 is 10.0 Å². The van der Waals surface area contributed by atoms with Crippen LogP contribution >= 0.6 is 0 Å². The van der Waals surface area contributed by atoms with Crippen LogP contribution < -0.4 is 4.90 Å². The molecule has 9 heteroatoms. The lowest BCUT2D eigenvalue weighted by Crippen LogP contribution is -2.21. The summed E-state index contributed by atoms with van der Waals surface area (Å²) in [6.45, 7) is 1.80. The van der Waals surface area contributed by atoms with Crippen molar-refractivity contribution in [2.24, 2.45) is 13.0 Å². The number of H-pyrrole nitrogens is 1. The van der Waals surface area contributed by atoms with E-state index < -0.39 is 0 Å². The number of aryl methyl sites for hydroxylation is 1. The third-order valence-corrected chi connectivity index (χ3v) is 5.43. The third kappa shape index (κ3) is 3.13. The SMILES string of the molecule is Cn1cc(-c2cc3c(-c4cc(N5CC[C@H](CO)C5)ncn4)n[nH]c3cc2F)cn1. The molecule has 1 atom stereocenters. The zero-order valence-electron chi connectivity index (χ0n) is 15.9. The van der Waals surface area contributed by atoms with Crippen molar-refractivity contribution >= 4 is 16.7 Å². The van der Waals surface area contributed by atoms with Gasteiger partial charge >= 0.3 is 0 Å². The van der Waals surface area contributed by atoms with E-state index in [1.165, 1.54) is 12.4 Å². The molecule has 29 heavy (non-hydrogen) atoms. The molecule has 0 spiro atoms. The normalized spacial score (nSPS) is 16.8. The number of halogens is 1. The molecule has 3 aromatic heterocycles. The Hall–Kier alpha value is -3.33. The van der Waals surface area contributed by atoms with Gasteiger partial charge in [-0.1, -0.05) is 0 Å². The molecule has 1 fully saturated rings. The number of aliphatic hydroxyl groups excluding tert-OH is 1. The number of hydrogen-bond acceptors (Lipinski definition) is 6. The van der Waals surface area contributed by atoms with Crippen molar-refractivity contribution in [1.82, 2.24) is 29.9 Å². The van der Waals surface area contributed by atoms with Crippen LogP contribution in [-0.4, -0.2) is 54.7 Å². The highest BCUT2D eigenvalue weighted by Crippen LogP contribution is 2.33. The molecule has 8 nitrogen and oxygen atoms in total. The number of nitrogens with one attached hydrogen (secondary N) is 1. The highest BCUT2D eigenvalue weighted by Gasteiger charge is 2.24. The lowest BCUT2D eigenvalue weighted by molar-refractivity contribution is 0.238. The summed E-state index contributed by atoms with van der Waals surface area (Å²) in [6, 6.07) is 5.12. The van der Waals surface area contributed by atoms with Crippen molar-refractivity contribution in [2.75, 3.05) is 24.6 Å². The summed E-state index contributed by atoms with van der Waals surface area (Å²) in [6.07, 6.45) is 5.87. The molecule has 148 valence electrons. The summed E-state index contributed by atoms with van der Waals surface area (Å²) in [5.74, 6) is 0.734. The number of aromatic nitrogens is 6. The van der Waals surface area contributed by atoms with Crippen molar-refractivity contribution < 1.29 is 9.50 Å². The first kappa shape index (κ1) is 17.7. The van der Waals surface area contributed by atoms with Gasteiger partial charge in [0.1, 0.15) is 23.7 Å². The quantitative estimate of drug-likeness (QED) is 0.553. The maximum atomic E-state index is 14.6. The first-order chi connectivity index (χ1) is 14.1. The molecule has 1 saturated heterocycles. The smallest absolute Gasteiger partial charge is 0.133 e. The van der Waals surface area contributed by atoms with Gasteiger partial charge in [-0.15, -0.1) is 0 Å². The van der Waals surface area contributed by atoms with Crippen LogP contribution in [0.15, 0.2) is 36.9 Å². The number of nitrogens with zero attached hydrogens (tertiary/aromatic N) is 6. The van der Waals surface area contributed by atoms with Gasteiger partial charge in [-0.05, 0) is 12.5 Å². The zero-order valence-corrected chi connectivity index (χ0v) is 15.9. The number of hydrogen-bond donors (Lipinski definition) is 2. The zero-order chi connectivity index (χ0) is 20.0. The maximum Gasteiger partial charge on any atom is 0.133 e. The average molecular weight is 393 g/mol. The fourth-order valence-corrected chi connectivity index (χ4v) is 3.85. The molecule has 2 N–H and O–H groups in total. The Morgan fingerprint density at radius 1 is 1.28 bits per heavy atom. The number of fused-ring (bicyclic) bond motifs is 1. The summed E-state index contributed by atoms with van der Waals surface area (Å²) in [5.41, 5.74) is 3.08.